The summed E-state index contributed by atoms with van der Waals surface area (Å²) >= 11 is 0. The summed E-state index contributed by atoms with van der Waals surface area (Å²) in [4.78, 5) is 29.7. The monoisotopic (exact) mass is 437 g/mol. The minimum absolute atomic E-state index is 0.230. The van der Waals surface area contributed by atoms with Crippen LogP contribution in [0.15, 0.2) is 41.3 Å². The van der Waals surface area contributed by atoms with E-state index in [0.29, 0.717) is 49.1 Å². The fourth-order valence-corrected chi connectivity index (χ4v) is 3.22. The van der Waals surface area contributed by atoms with Crippen molar-refractivity contribution in [1.29, 1.82) is 0 Å². The molecule has 3 aromatic rings. The van der Waals surface area contributed by atoms with Crippen LogP contribution in [-0.4, -0.2) is 43.6 Å². The van der Waals surface area contributed by atoms with Gasteiger partial charge in [0, 0.05) is 24.9 Å². The Balaban J connectivity index is 1.66. The third-order valence-corrected chi connectivity index (χ3v) is 4.95. The number of rotatable bonds is 0. The van der Waals surface area contributed by atoms with Gasteiger partial charge in [0.25, 0.3) is 11.5 Å². The number of carbonyl (C=O) groups excluding carboxylic acids is 1. The summed E-state index contributed by atoms with van der Waals surface area (Å²) in [6, 6.07) is 8.58. The number of hydrogen-bond acceptors (Lipinski definition) is 7. The summed E-state index contributed by atoms with van der Waals surface area (Å²) in [5, 5.41) is 15.0. The molecule has 4 rings (SSSR count). The van der Waals surface area contributed by atoms with Crippen LogP contribution >= 0.6 is 0 Å². The van der Waals surface area contributed by atoms with E-state index in [1.54, 1.807) is 10.7 Å². The number of pyridine rings is 1. The molecule has 0 radical (unpaired) electrons. The lowest BCUT2D eigenvalue weighted by atomic mass is 10.1. The van der Waals surface area contributed by atoms with Crippen molar-refractivity contribution in [3.63, 3.8) is 0 Å². The standard InChI is InChI=1S/C22H27N7O3/c1-22(2,3)29-14-17-20(27-29)21(31)23-10-5-11-32-18-8-9-19(30)28(26-18)13-16-7-4-6-15(25-16)12-24-17/h4,6-9,14,24H,5,10-13H2,1-3H3,(H,23,31). The molecule has 0 unspecified atom stereocenters. The number of aromatic nitrogens is 5. The second-order valence-corrected chi connectivity index (χ2v) is 8.61. The van der Waals surface area contributed by atoms with Crippen LogP contribution in [0.2, 0.25) is 0 Å². The van der Waals surface area contributed by atoms with Crippen LogP contribution in [0.1, 0.15) is 49.1 Å². The zero-order valence-corrected chi connectivity index (χ0v) is 18.5. The van der Waals surface area contributed by atoms with Gasteiger partial charge < -0.3 is 15.4 Å². The first kappa shape index (κ1) is 21.5. The molecule has 0 saturated carbocycles. The van der Waals surface area contributed by atoms with Crippen molar-refractivity contribution in [2.75, 3.05) is 18.5 Å². The molecule has 10 nitrogen and oxygen atoms in total. The molecule has 0 saturated heterocycles. The molecule has 4 heterocycles. The highest BCUT2D eigenvalue weighted by molar-refractivity contribution is 5.97. The van der Waals surface area contributed by atoms with Gasteiger partial charge in [-0.3, -0.25) is 19.3 Å². The number of ether oxygens (including phenoxy) is 1. The molecule has 1 amide bonds. The highest BCUT2D eigenvalue weighted by Gasteiger charge is 2.22. The maximum atomic E-state index is 12.8. The Morgan fingerprint density at radius 2 is 1.84 bits per heavy atom. The van der Waals surface area contributed by atoms with Crippen LogP contribution in [0.5, 0.6) is 5.88 Å². The molecule has 1 aliphatic rings. The van der Waals surface area contributed by atoms with Crippen LogP contribution in [0.4, 0.5) is 5.69 Å². The predicted octanol–water partition coefficient (Wildman–Crippen LogP) is 1.76. The van der Waals surface area contributed by atoms with Crippen molar-refractivity contribution in [1.82, 2.24) is 29.9 Å². The summed E-state index contributed by atoms with van der Waals surface area (Å²) in [6.45, 7) is 7.47. The largest absolute Gasteiger partial charge is 0.477 e. The Morgan fingerprint density at radius 1 is 1.03 bits per heavy atom. The van der Waals surface area contributed by atoms with E-state index in [1.165, 1.54) is 10.7 Å². The highest BCUT2D eigenvalue weighted by atomic mass is 16.5. The maximum absolute atomic E-state index is 12.8. The van der Waals surface area contributed by atoms with Gasteiger partial charge in [-0.05, 0) is 39.3 Å². The lowest BCUT2D eigenvalue weighted by Gasteiger charge is -2.18. The molecule has 3 aromatic heterocycles. The molecule has 1 aliphatic heterocycles. The zero-order chi connectivity index (χ0) is 22.7. The van der Waals surface area contributed by atoms with E-state index in [4.69, 9.17) is 4.74 Å². The first-order valence-corrected chi connectivity index (χ1v) is 10.6. The smallest absolute Gasteiger partial charge is 0.273 e. The van der Waals surface area contributed by atoms with E-state index in [9.17, 15) is 9.59 Å². The van der Waals surface area contributed by atoms with Gasteiger partial charge in [-0.2, -0.15) is 5.10 Å². The second kappa shape index (κ2) is 8.81. The normalized spacial score (nSPS) is 15.0. The van der Waals surface area contributed by atoms with Gasteiger partial charge >= 0.3 is 0 Å². The van der Waals surface area contributed by atoms with Crippen molar-refractivity contribution in [3.8, 4) is 5.88 Å². The minimum atomic E-state index is -0.273. The third-order valence-electron chi connectivity index (χ3n) is 4.95. The molecule has 4 bridgehead atoms. The zero-order valence-electron chi connectivity index (χ0n) is 18.5. The average molecular weight is 438 g/mol. The Morgan fingerprint density at radius 3 is 2.66 bits per heavy atom. The van der Waals surface area contributed by atoms with E-state index in [2.05, 4.69) is 25.8 Å². The van der Waals surface area contributed by atoms with Crippen molar-refractivity contribution in [3.05, 3.63) is 64.0 Å². The van der Waals surface area contributed by atoms with Gasteiger partial charge in [0.2, 0.25) is 5.88 Å². The maximum Gasteiger partial charge on any atom is 0.273 e. The van der Waals surface area contributed by atoms with Gasteiger partial charge in [-0.15, -0.1) is 5.10 Å². The van der Waals surface area contributed by atoms with Crippen molar-refractivity contribution < 1.29 is 9.53 Å². The summed E-state index contributed by atoms with van der Waals surface area (Å²) in [5.74, 6) is 0.0949. The second-order valence-electron chi connectivity index (χ2n) is 8.61. The molecular weight excluding hydrogens is 410 g/mol. The highest BCUT2D eigenvalue weighted by Crippen LogP contribution is 2.21. The average Bonchev–Trinajstić information content (AvgIpc) is 3.19. The van der Waals surface area contributed by atoms with Gasteiger partial charge in [0.15, 0.2) is 5.69 Å². The van der Waals surface area contributed by atoms with Gasteiger partial charge in [-0.1, -0.05) is 6.07 Å². The molecule has 0 spiro atoms. The summed E-state index contributed by atoms with van der Waals surface area (Å²) in [7, 11) is 0. The van der Waals surface area contributed by atoms with Gasteiger partial charge in [0.1, 0.15) is 0 Å². The summed E-state index contributed by atoms with van der Waals surface area (Å²) in [5.41, 5.74) is 1.93. The van der Waals surface area contributed by atoms with E-state index < -0.39 is 0 Å². The SMILES string of the molecule is CC(C)(C)n1cc2c(n1)C(=O)NCCCOc1ccc(=O)n(n1)Cc1cccc(n1)CN2. The molecule has 32 heavy (non-hydrogen) atoms. The van der Waals surface area contributed by atoms with E-state index in [0.717, 1.165) is 5.69 Å². The van der Waals surface area contributed by atoms with Gasteiger partial charge in [-0.25, -0.2) is 4.68 Å². The lowest BCUT2D eigenvalue weighted by Crippen LogP contribution is -2.28. The number of nitrogens with one attached hydrogen (secondary N) is 2. The van der Waals surface area contributed by atoms with E-state index >= 15 is 0 Å². The Bertz CT molecular complexity index is 1180. The van der Waals surface area contributed by atoms with Crippen LogP contribution in [-0.2, 0) is 18.6 Å². The molecule has 168 valence electrons. The number of anilines is 1. The number of nitrogens with zero attached hydrogens (tertiary/aromatic N) is 5. The Kier molecular flexibility index (Phi) is 5.93. The molecule has 0 aromatic carbocycles. The number of carbonyl (C=O) groups is 1. The van der Waals surface area contributed by atoms with Gasteiger partial charge in [0.05, 0.1) is 42.3 Å². The van der Waals surface area contributed by atoms with Crippen molar-refractivity contribution in [2.45, 2.75) is 45.8 Å². The minimum Gasteiger partial charge on any atom is -0.477 e. The summed E-state index contributed by atoms with van der Waals surface area (Å²) < 4.78 is 8.77. The van der Waals surface area contributed by atoms with Crippen molar-refractivity contribution in [2.24, 2.45) is 0 Å². The summed E-state index contributed by atoms with van der Waals surface area (Å²) in [6.07, 6.45) is 2.42. The molecule has 10 heteroatoms. The van der Waals surface area contributed by atoms with Crippen LogP contribution in [0, 0.1) is 0 Å². The van der Waals surface area contributed by atoms with Crippen LogP contribution in [0.3, 0.4) is 0 Å². The van der Waals surface area contributed by atoms with E-state index in [1.807, 2.05) is 45.2 Å². The van der Waals surface area contributed by atoms with E-state index in [-0.39, 0.29) is 23.6 Å². The number of amides is 1. The van der Waals surface area contributed by atoms with Crippen LogP contribution in [0.25, 0.3) is 0 Å². The molecular formula is C22H27N7O3. The third kappa shape index (κ3) is 4.96. The van der Waals surface area contributed by atoms with Crippen molar-refractivity contribution >= 4 is 11.6 Å². The Labute approximate surface area is 185 Å². The van der Waals surface area contributed by atoms with Crippen LogP contribution < -0.4 is 20.9 Å². The first-order chi connectivity index (χ1) is 15.3. The molecule has 2 N–H and O–H groups in total. The predicted molar refractivity (Wildman–Crippen MR) is 119 cm³/mol. The Hall–Kier alpha value is -3.69. The molecule has 0 aliphatic carbocycles. The number of fused-ring (bicyclic) bond motifs is 5. The molecule has 0 atom stereocenters. The lowest BCUT2D eigenvalue weighted by molar-refractivity contribution is 0.0945. The number of hydrogen-bond donors (Lipinski definition) is 2. The quantitative estimate of drug-likeness (QED) is 0.550. The topological polar surface area (TPSA) is 116 Å². The fraction of sp³-hybridized carbons (Fsp3) is 0.409. The molecule has 0 fully saturated rings. The first-order valence-electron chi connectivity index (χ1n) is 10.6. The fourth-order valence-electron chi connectivity index (χ4n) is 3.22.